The third-order valence-corrected chi connectivity index (χ3v) is 3.06. The van der Waals surface area contributed by atoms with Crippen molar-refractivity contribution in [2.24, 2.45) is 5.41 Å². The van der Waals surface area contributed by atoms with Gasteiger partial charge in [-0.2, -0.15) is 0 Å². The largest absolute Gasteiger partial charge is 0.481 e. The molecule has 0 spiro atoms. The Morgan fingerprint density at radius 1 is 1.25 bits per heavy atom. The fraction of sp³-hybridized carbons (Fsp3) is 0.917. The zero-order valence-corrected chi connectivity index (χ0v) is 11.3. The van der Waals surface area contributed by atoms with Crippen LogP contribution in [-0.2, 0) is 4.79 Å². The molecule has 4 nitrogen and oxygen atoms in total. The van der Waals surface area contributed by atoms with Gasteiger partial charge in [-0.3, -0.25) is 4.79 Å². The van der Waals surface area contributed by atoms with Crippen LogP contribution in [0, 0.1) is 5.41 Å². The van der Waals surface area contributed by atoms with E-state index in [0.717, 1.165) is 19.5 Å². The van der Waals surface area contributed by atoms with E-state index in [9.17, 15) is 4.79 Å². The minimum atomic E-state index is -0.700. The normalized spacial score (nSPS) is 15.4. The van der Waals surface area contributed by atoms with Gasteiger partial charge in [0.25, 0.3) is 0 Å². The quantitative estimate of drug-likeness (QED) is 0.684. The standard InChI is InChI=1S/C12H26N2O2/c1-6-12(2,11(15)16)10-14(5)9-7-8-13(3)4/h6-10H2,1-5H3,(H,15,16). The number of nitrogens with zero attached hydrogens (tertiary/aromatic N) is 2. The Labute approximate surface area is 99.2 Å². The highest BCUT2D eigenvalue weighted by Gasteiger charge is 2.32. The Morgan fingerprint density at radius 2 is 1.81 bits per heavy atom. The van der Waals surface area contributed by atoms with Crippen molar-refractivity contribution in [2.75, 3.05) is 40.8 Å². The highest BCUT2D eigenvalue weighted by Crippen LogP contribution is 2.22. The Balaban J connectivity index is 4.02. The number of carboxylic acid groups (broad SMARTS) is 1. The molecule has 0 fully saturated rings. The third-order valence-electron chi connectivity index (χ3n) is 3.06. The fourth-order valence-electron chi connectivity index (χ4n) is 1.66. The van der Waals surface area contributed by atoms with Crippen molar-refractivity contribution in [3.8, 4) is 0 Å². The van der Waals surface area contributed by atoms with Gasteiger partial charge >= 0.3 is 5.97 Å². The highest BCUT2D eigenvalue weighted by atomic mass is 16.4. The van der Waals surface area contributed by atoms with E-state index in [1.165, 1.54) is 0 Å². The number of carboxylic acids is 1. The lowest BCUT2D eigenvalue weighted by atomic mass is 9.87. The summed E-state index contributed by atoms with van der Waals surface area (Å²) in [6.45, 7) is 6.35. The molecular weight excluding hydrogens is 204 g/mol. The molecule has 0 aliphatic heterocycles. The fourth-order valence-corrected chi connectivity index (χ4v) is 1.66. The number of aliphatic carboxylic acids is 1. The Bertz CT molecular complexity index is 219. The second kappa shape index (κ2) is 6.86. The molecule has 0 heterocycles. The van der Waals surface area contributed by atoms with Gasteiger partial charge in [-0.05, 0) is 54.0 Å². The lowest BCUT2D eigenvalue weighted by Gasteiger charge is -2.29. The van der Waals surface area contributed by atoms with E-state index in [4.69, 9.17) is 5.11 Å². The van der Waals surface area contributed by atoms with Crippen LogP contribution in [0.1, 0.15) is 26.7 Å². The Hall–Kier alpha value is -0.610. The number of carbonyl (C=O) groups is 1. The van der Waals surface area contributed by atoms with Crippen molar-refractivity contribution in [2.45, 2.75) is 26.7 Å². The van der Waals surface area contributed by atoms with E-state index in [0.29, 0.717) is 13.0 Å². The minimum Gasteiger partial charge on any atom is -0.481 e. The maximum atomic E-state index is 11.1. The van der Waals surface area contributed by atoms with Gasteiger partial charge in [-0.15, -0.1) is 0 Å². The molecule has 0 aromatic carbocycles. The first-order chi connectivity index (χ1) is 7.31. The summed E-state index contributed by atoms with van der Waals surface area (Å²) in [6.07, 6.45) is 1.74. The first-order valence-corrected chi connectivity index (χ1v) is 5.88. The molecule has 16 heavy (non-hydrogen) atoms. The van der Waals surface area contributed by atoms with Gasteiger partial charge < -0.3 is 14.9 Å². The smallest absolute Gasteiger partial charge is 0.310 e. The molecule has 96 valence electrons. The molecule has 1 N–H and O–H groups in total. The molecule has 1 unspecified atom stereocenters. The predicted molar refractivity (Wildman–Crippen MR) is 66.7 cm³/mol. The van der Waals surface area contributed by atoms with Crippen LogP contribution in [0.25, 0.3) is 0 Å². The van der Waals surface area contributed by atoms with Gasteiger partial charge in [-0.1, -0.05) is 6.92 Å². The molecule has 0 rings (SSSR count). The Kier molecular flexibility index (Phi) is 6.60. The van der Waals surface area contributed by atoms with Gasteiger partial charge in [0.2, 0.25) is 0 Å². The predicted octanol–water partition coefficient (Wildman–Crippen LogP) is 1.37. The molecule has 0 radical (unpaired) electrons. The van der Waals surface area contributed by atoms with E-state index in [2.05, 4.69) is 9.80 Å². The van der Waals surface area contributed by atoms with Gasteiger partial charge in [-0.25, -0.2) is 0 Å². The maximum Gasteiger partial charge on any atom is 0.310 e. The van der Waals surface area contributed by atoms with Crippen LogP contribution in [0.4, 0.5) is 0 Å². The zero-order valence-electron chi connectivity index (χ0n) is 11.3. The molecule has 0 aliphatic rings. The van der Waals surface area contributed by atoms with Gasteiger partial charge in [0.05, 0.1) is 5.41 Å². The molecule has 0 bridgehead atoms. The van der Waals surface area contributed by atoms with Crippen molar-refractivity contribution < 1.29 is 9.90 Å². The van der Waals surface area contributed by atoms with E-state index < -0.39 is 11.4 Å². The monoisotopic (exact) mass is 230 g/mol. The molecule has 1 atom stereocenters. The molecular formula is C12H26N2O2. The van der Waals surface area contributed by atoms with Crippen molar-refractivity contribution in [3.05, 3.63) is 0 Å². The second-order valence-corrected chi connectivity index (χ2v) is 5.11. The van der Waals surface area contributed by atoms with E-state index in [1.54, 1.807) is 0 Å². The van der Waals surface area contributed by atoms with Crippen LogP contribution >= 0.6 is 0 Å². The summed E-state index contributed by atoms with van der Waals surface area (Å²) in [5, 5.41) is 9.16. The first kappa shape index (κ1) is 15.4. The molecule has 0 aromatic rings. The van der Waals surface area contributed by atoms with Gasteiger partial charge in [0.1, 0.15) is 0 Å². The number of rotatable bonds is 8. The summed E-state index contributed by atoms with van der Waals surface area (Å²) in [4.78, 5) is 15.4. The SMILES string of the molecule is CCC(C)(CN(C)CCCN(C)C)C(=O)O. The van der Waals surface area contributed by atoms with Crippen LogP contribution < -0.4 is 0 Å². The van der Waals surface area contributed by atoms with Crippen LogP contribution in [0.3, 0.4) is 0 Å². The molecule has 0 aliphatic carbocycles. The number of hydrogen-bond acceptors (Lipinski definition) is 3. The summed E-state index contributed by atoms with van der Waals surface area (Å²) in [6, 6.07) is 0. The molecule has 4 heteroatoms. The van der Waals surface area contributed by atoms with E-state index in [-0.39, 0.29) is 0 Å². The van der Waals surface area contributed by atoms with Crippen LogP contribution in [0.15, 0.2) is 0 Å². The van der Waals surface area contributed by atoms with Gasteiger partial charge in [0.15, 0.2) is 0 Å². The zero-order chi connectivity index (χ0) is 12.8. The molecule has 0 saturated carbocycles. The van der Waals surface area contributed by atoms with Crippen molar-refractivity contribution in [1.82, 2.24) is 9.80 Å². The molecule has 0 amide bonds. The van der Waals surface area contributed by atoms with Crippen molar-refractivity contribution in [3.63, 3.8) is 0 Å². The van der Waals surface area contributed by atoms with Crippen LogP contribution in [0.5, 0.6) is 0 Å². The van der Waals surface area contributed by atoms with Crippen molar-refractivity contribution >= 4 is 5.97 Å². The van der Waals surface area contributed by atoms with Crippen LogP contribution in [-0.4, -0.2) is 61.7 Å². The van der Waals surface area contributed by atoms with Gasteiger partial charge in [0, 0.05) is 6.54 Å². The second-order valence-electron chi connectivity index (χ2n) is 5.11. The Morgan fingerprint density at radius 3 is 2.19 bits per heavy atom. The summed E-state index contributed by atoms with van der Waals surface area (Å²) in [5.41, 5.74) is -0.618. The van der Waals surface area contributed by atoms with E-state index in [1.807, 2.05) is 35.0 Å². The van der Waals surface area contributed by atoms with Crippen molar-refractivity contribution in [1.29, 1.82) is 0 Å². The van der Waals surface area contributed by atoms with Crippen LogP contribution in [0.2, 0.25) is 0 Å². The molecule has 0 saturated heterocycles. The highest BCUT2D eigenvalue weighted by molar-refractivity contribution is 5.74. The lowest BCUT2D eigenvalue weighted by molar-refractivity contribution is -0.149. The number of hydrogen-bond donors (Lipinski definition) is 1. The average Bonchev–Trinajstić information content (AvgIpc) is 2.16. The maximum absolute atomic E-state index is 11.1. The summed E-state index contributed by atoms with van der Waals surface area (Å²) >= 11 is 0. The lowest BCUT2D eigenvalue weighted by Crippen LogP contribution is -2.39. The average molecular weight is 230 g/mol. The molecule has 0 aromatic heterocycles. The summed E-state index contributed by atoms with van der Waals surface area (Å²) < 4.78 is 0. The topological polar surface area (TPSA) is 43.8 Å². The summed E-state index contributed by atoms with van der Waals surface area (Å²) in [5.74, 6) is -0.700. The summed E-state index contributed by atoms with van der Waals surface area (Å²) in [7, 11) is 6.09. The first-order valence-electron chi connectivity index (χ1n) is 5.88. The third kappa shape index (κ3) is 5.47. The minimum absolute atomic E-state index is 0.617. The van der Waals surface area contributed by atoms with E-state index >= 15 is 0 Å².